The summed E-state index contributed by atoms with van der Waals surface area (Å²) in [6, 6.07) is 6.79. The number of aliphatic hydroxyl groups excluding tert-OH is 1. The molecule has 13 heteroatoms. The van der Waals surface area contributed by atoms with E-state index in [-0.39, 0.29) is 37.1 Å². The lowest BCUT2D eigenvalue weighted by atomic mass is 10.1. The van der Waals surface area contributed by atoms with Gasteiger partial charge in [0.15, 0.2) is 0 Å². The molecule has 2 atom stereocenters. The van der Waals surface area contributed by atoms with E-state index in [0.717, 1.165) is 16.8 Å². The molecule has 0 aliphatic carbocycles. The Morgan fingerprint density at radius 2 is 1.53 bits per heavy atom. The molecule has 1 aliphatic heterocycles. The molecule has 38 heavy (non-hydrogen) atoms. The van der Waals surface area contributed by atoms with Crippen LogP contribution in [0.15, 0.2) is 24.3 Å². The maximum Gasteiger partial charge on any atom is 0.414 e. The van der Waals surface area contributed by atoms with Crippen LogP contribution in [0.2, 0.25) is 10.0 Å². The largest absolute Gasteiger partial charge is 0.447 e. The van der Waals surface area contributed by atoms with Gasteiger partial charge in [0.25, 0.3) is 0 Å². The molecule has 0 spiro atoms. The zero-order chi connectivity index (χ0) is 29.4. The smallest absolute Gasteiger partial charge is 0.414 e. The molecule has 0 radical (unpaired) electrons. The van der Waals surface area contributed by atoms with E-state index in [1.165, 1.54) is 0 Å². The molecule has 0 saturated carbocycles. The van der Waals surface area contributed by atoms with Gasteiger partial charge in [0, 0.05) is 17.4 Å². The molecule has 0 aromatic heterocycles. The number of hydrogen-bond donors (Lipinski definition) is 2. The van der Waals surface area contributed by atoms with Gasteiger partial charge in [-0.05, 0) is 51.0 Å². The zero-order valence-electron chi connectivity index (χ0n) is 20.9. The van der Waals surface area contributed by atoms with Crippen LogP contribution >= 0.6 is 23.2 Å². The number of benzene rings is 2. The number of anilines is 2. The van der Waals surface area contributed by atoms with E-state index in [9.17, 15) is 4.79 Å². The van der Waals surface area contributed by atoms with E-state index in [2.05, 4.69) is 15.0 Å². The predicted molar refractivity (Wildman–Crippen MR) is 138 cm³/mol. The Bertz CT molecular complexity index is 1260. The molecule has 2 aromatic carbocycles. The van der Waals surface area contributed by atoms with E-state index in [0.29, 0.717) is 33.7 Å². The zero-order valence-corrected chi connectivity index (χ0v) is 22.4. The van der Waals surface area contributed by atoms with Gasteiger partial charge in [-0.2, -0.15) is 19.2 Å². The number of hydrogen-bond acceptors (Lipinski definition) is 8. The number of amides is 1. The third-order valence-electron chi connectivity index (χ3n) is 4.97. The van der Waals surface area contributed by atoms with Gasteiger partial charge in [-0.15, -0.1) is 0 Å². The van der Waals surface area contributed by atoms with Crippen molar-refractivity contribution >= 4 is 64.3 Å². The summed E-state index contributed by atoms with van der Waals surface area (Å²) in [4.78, 5) is 52.3. The second kappa shape index (κ2) is 17.3. The Morgan fingerprint density at radius 1 is 1.05 bits per heavy atom. The van der Waals surface area contributed by atoms with Crippen molar-refractivity contribution in [1.82, 2.24) is 0 Å². The summed E-state index contributed by atoms with van der Waals surface area (Å²) in [5.41, 5.74) is 3.98. The highest BCUT2D eigenvalue weighted by atomic mass is 35.5. The maximum absolute atomic E-state index is 11.6. The van der Waals surface area contributed by atoms with Gasteiger partial charge in [-0.1, -0.05) is 35.3 Å². The molecule has 1 fully saturated rings. The van der Waals surface area contributed by atoms with Crippen molar-refractivity contribution in [3.63, 3.8) is 0 Å². The fourth-order valence-corrected chi connectivity index (χ4v) is 3.49. The first-order chi connectivity index (χ1) is 18.0. The summed E-state index contributed by atoms with van der Waals surface area (Å²) >= 11 is 12.1. The fraction of sp³-hybridized carbons (Fsp3) is 0.320. The Kier molecular flexibility index (Phi) is 15.4. The highest BCUT2D eigenvalue weighted by Crippen LogP contribution is 2.37. The molecule has 1 heterocycles. The normalized spacial score (nSPS) is 13.7. The molecule has 1 amide bonds. The Balaban J connectivity index is 0.000000601. The number of carbonyl (C=O) groups excluding carboxylic acids is 5. The monoisotopic (exact) mass is 562 g/mol. The average Bonchev–Trinajstić information content (AvgIpc) is 3.22. The standard InChI is InChI=1S/C12H11ClN2O2.C11H13ClN2O.2CO2/c1-7-6-17-12(16)15(7)10-5-4-9(14-3)11(13)8(10)2;1-7(6-15)14-9-4-5-10(13-3)11(12)8(9)2;2*2-1-3/h4-5,7H,6H2,1-2H3;4-5,7,14-15H,6H2,1-2H3;;/t2*7-;;/m00../s1. The van der Waals surface area contributed by atoms with Gasteiger partial charge in [0.05, 0.1) is 35.8 Å². The van der Waals surface area contributed by atoms with Crippen molar-refractivity contribution in [2.75, 3.05) is 23.4 Å². The van der Waals surface area contributed by atoms with Crippen LogP contribution in [0.25, 0.3) is 9.69 Å². The Hall–Kier alpha value is -4.21. The van der Waals surface area contributed by atoms with Crippen LogP contribution in [0.1, 0.15) is 25.0 Å². The van der Waals surface area contributed by atoms with E-state index in [1.807, 2.05) is 20.8 Å². The van der Waals surface area contributed by atoms with E-state index < -0.39 is 0 Å². The molecule has 2 N–H and O–H groups in total. The summed E-state index contributed by atoms with van der Waals surface area (Å²) in [6.07, 6.45) is 0.132. The molecule has 11 nitrogen and oxygen atoms in total. The van der Waals surface area contributed by atoms with Crippen LogP contribution in [-0.4, -0.2) is 48.8 Å². The van der Waals surface area contributed by atoms with E-state index in [4.69, 9.17) is 65.4 Å². The lowest BCUT2D eigenvalue weighted by molar-refractivity contribution is -0.193. The topological polar surface area (TPSA) is 139 Å². The number of ether oxygens (including phenoxy) is 1. The number of cyclic esters (lactones) is 1. The fourth-order valence-electron chi connectivity index (χ4n) is 3.08. The van der Waals surface area contributed by atoms with Gasteiger partial charge < -0.3 is 15.2 Å². The number of aliphatic hydroxyl groups is 1. The van der Waals surface area contributed by atoms with Gasteiger partial charge >= 0.3 is 18.4 Å². The van der Waals surface area contributed by atoms with Crippen molar-refractivity contribution in [1.29, 1.82) is 0 Å². The lowest BCUT2D eigenvalue weighted by Gasteiger charge is -2.21. The van der Waals surface area contributed by atoms with Gasteiger partial charge in [-0.25, -0.2) is 14.5 Å². The number of rotatable bonds is 4. The first kappa shape index (κ1) is 33.8. The summed E-state index contributed by atoms with van der Waals surface area (Å²) in [6.45, 7) is 21.7. The minimum absolute atomic E-state index is 0.0175. The summed E-state index contributed by atoms with van der Waals surface area (Å²) in [5.74, 6) is 0. The Labute approximate surface area is 229 Å². The van der Waals surface area contributed by atoms with E-state index >= 15 is 0 Å². The molecule has 3 rings (SSSR count). The number of carbonyl (C=O) groups is 1. The quantitative estimate of drug-likeness (QED) is 0.474. The molecule has 1 aliphatic rings. The van der Waals surface area contributed by atoms with Gasteiger partial charge in [-0.3, -0.25) is 4.90 Å². The van der Waals surface area contributed by atoms with Crippen molar-refractivity contribution in [2.45, 2.75) is 39.8 Å². The molecule has 2 aromatic rings. The average molecular weight is 563 g/mol. The number of nitrogens with zero attached hydrogens (tertiary/aromatic N) is 3. The van der Waals surface area contributed by atoms with Crippen LogP contribution in [0.4, 0.5) is 27.5 Å². The van der Waals surface area contributed by atoms with Gasteiger partial charge in [0.2, 0.25) is 11.4 Å². The lowest BCUT2D eigenvalue weighted by Crippen LogP contribution is -2.31. The second-order valence-corrected chi connectivity index (χ2v) is 8.28. The third kappa shape index (κ3) is 9.34. The first-order valence-corrected chi connectivity index (χ1v) is 11.4. The number of halogens is 2. The Morgan fingerprint density at radius 3 is 1.95 bits per heavy atom. The second-order valence-electron chi connectivity index (χ2n) is 7.53. The van der Waals surface area contributed by atoms with Crippen LogP contribution in [-0.2, 0) is 23.9 Å². The molecular formula is C25H24Cl2N4O7. The third-order valence-corrected chi connectivity index (χ3v) is 5.92. The predicted octanol–water partition coefficient (Wildman–Crippen LogP) is 5.37. The molecule has 200 valence electrons. The summed E-state index contributed by atoms with van der Waals surface area (Å²) < 4.78 is 4.97. The van der Waals surface area contributed by atoms with Crippen molar-refractivity contribution in [3.05, 3.63) is 68.3 Å². The maximum atomic E-state index is 11.6. The van der Waals surface area contributed by atoms with E-state index in [1.54, 1.807) is 36.1 Å². The van der Waals surface area contributed by atoms with Gasteiger partial charge in [0.1, 0.15) is 6.61 Å². The van der Waals surface area contributed by atoms with Crippen LogP contribution in [0.5, 0.6) is 0 Å². The summed E-state index contributed by atoms with van der Waals surface area (Å²) in [7, 11) is 0. The highest BCUT2D eigenvalue weighted by molar-refractivity contribution is 6.35. The van der Waals surface area contributed by atoms with Crippen molar-refractivity contribution < 1.29 is 33.8 Å². The molecule has 1 saturated heterocycles. The summed E-state index contributed by atoms with van der Waals surface area (Å²) in [5, 5.41) is 12.9. The number of nitrogens with one attached hydrogen (secondary N) is 1. The molecule has 0 bridgehead atoms. The van der Waals surface area contributed by atoms with Crippen molar-refractivity contribution in [3.8, 4) is 0 Å². The first-order valence-electron chi connectivity index (χ1n) is 10.6. The minimum atomic E-state index is -0.368. The molecular weight excluding hydrogens is 539 g/mol. The highest BCUT2D eigenvalue weighted by Gasteiger charge is 2.32. The van der Waals surface area contributed by atoms with Crippen LogP contribution in [0, 0.1) is 27.0 Å². The van der Waals surface area contributed by atoms with Crippen LogP contribution < -0.4 is 10.2 Å². The SMILES string of the molecule is O=C=O.O=C=O.[C-]#[N+]c1ccc(N2C(=O)OC[C@@H]2C)c(C)c1Cl.[C-]#[N+]c1ccc(N[C@@H](C)CO)c(C)c1Cl. The van der Waals surface area contributed by atoms with Crippen molar-refractivity contribution in [2.24, 2.45) is 0 Å². The molecule has 0 unspecified atom stereocenters. The van der Waals surface area contributed by atoms with Crippen LogP contribution in [0.3, 0.4) is 0 Å². The minimum Gasteiger partial charge on any atom is -0.447 e.